The van der Waals surface area contributed by atoms with Gasteiger partial charge in [0.05, 0.1) is 31.5 Å². The number of benzene rings is 1. The van der Waals surface area contributed by atoms with Gasteiger partial charge in [-0.3, -0.25) is 9.89 Å². The first kappa shape index (κ1) is 18.1. The summed E-state index contributed by atoms with van der Waals surface area (Å²) in [5, 5.41) is 6.85. The first-order valence-corrected chi connectivity index (χ1v) is 8.14. The van der Waals surface area contributed by atoms with Crippen LogP contribution in [0, 0.1) is 5.82 Å². The van der Waals surface area contributed by atoms with Crippen molar-refractivity contribution in [3.8, 4) is 11.3 Å². The van der Waals surface area contributed by atoms with Gasteiger partial charge in [0.15, 0.2) is 6.10 Å². The lowest BCUT2D eigenvalue weighted by molar-refractivity contribution is -0.165. The van der Waals surface area contributed by atoms with Gasteiger partial charge in [0, 0.05) is 5.56 Å². The van der Waals surface area contributed by atoms with Gasteiger partial charge < -0.3 is 14.4 Å². The Hall–Kier alpha value is -2.74. The van der Waals surface area contributed by atoms with Crippen molar-refractivity contribution in [1.29, 1.82) is 0 Å². The molecule has 3 rings (SSSR count). The lowest BCUT2D eigenvalue weighted by Gasteiger charge is -2.44. The predicted molar refractivity (Wildman–Crippen MR) is 90.9 cm³/mol. The molecule has 7 nitrogen and oxygen atoms in total. The number of hydrogen-bond donors (Lipinski definition) is 1. The van der Waals surface area contributed by atoms with Crippen LogP contribution in [0.2, 0.25) is 0 Å². The molecule has 1 aliphatic rings. The highest BCUT2D eigenvalue weighted by molar-refractivity contribution is 5.94. The van der Waals surface area contributed by atoms with E-state index < -0.39 is 17.6 Å². The molecule has 1 fully saturated rings. The van der Waals surface area contributed by atoms with Crippen LogP contribution in [0.25, 0.3) is 11.3 Å². The number of morpholine rings is 1. The van der Waals surface area contributed by atoms with E-state index in [9.17, 15) is 14.0 Å². The lowest BCUT2D eigenvalue weighted by atomic mass is 10.00. The van der Waals surface area contributed by atoms with Gasteiger partial charge in [-0.05, 0) is 44.2 Å². The molecule has 1 saturated heterocycles. The summed E-state index contributed by atoms with van der Waals surface area (Å²) in [6, 6.07) is 7.45. The summed E-state index contributed by atoms with van der Waals surface area (Å²) in [6.07, 6.45) is -0.823. The largest absolute Gasteiger partial charge is 0.467 e. The number of aromatic nitrogens is 2. The van der Waals surface area contributed by atoms with Crippen molar-refractivity contribution < 1.29 is 23.5 Å². The van der Waals surface area contributed by atoms with Gasteiger partial charge in [-0.1, -0.05) is 0 Å². The number of carbonyl (C=O) groups is 2. The van der Waals surface area contributed by atoms with Crippen LogP contribution in [-0.4, -0.2) is 58.9 Å². The molecule has 0 bridgehead atoms. The first-order valence-electron chi connectivity index (χ1n) is 8.14. The van der Waals surface area contributed by atoms with Crippen LogP contribution >= 0.6 is 0 Å². The molecule has 1 aliphatic heterocycles. The molecule has 1 atom stereocenters. The number of hydrogen-bond acceptors (Lipinski definition) is 5. The second-order valence-electron chi connectivity index (χ2n) is 6.72. The van der Waals surface area contributed by atoms with Crippen LogP contribution in [0.4, 0.5) is 4.39 Å². The number of nitrogens with one attached hydrogen (secondary N) is 1. The van der Waals surface area contributed by atoms with Crippen molar-refractivity contribution in [2.45, 2.75) is 25.5 Å². The minimum Gasteiger partial charge on any atom is -0.467 e. The summed E-state index contributed by atoms with van der Waals surface area (Å²) in [7, 11) is 1.28. The number of esters is 1. The summed E-state index contributed by atoms with van der Waals surface area (Å²) in [6.45, 7) is 4.01. The van der Waals surface area contributed by atoms with Gasteiger partial charge in [-0.25, -0.2) is 9.18 Å². The molecule has 1 N–H and O–H groups in total. The zero-order valence-corrected chi connectivity index (χ0v) is 14.8. The molecule has 2 aromatic rings. The number of rotatable bonds is 3. The number of carbonyl (C=O) groups excluding carboxylic acids is 2. The minimum absolute atomic E-state index is 0.0867. The maximum absolute atomic E-state index is 13.1. The fourth-order valence-electron chi connectivity index (χ4n) is 2.83. The van der Waals surface area contributed by atoms with E-state index in [2.05, 4.69) is 10.2 Å². The molecule has 1 aromatic heterocycles. The average Bonchev–Trinajstić information content (AvgIpc) is 3.11. The van der Waals surface area contributed by atoms with E-state index in [0.717, 1.165) is 0 Å². The Labute approximate surface area is 150 Å². The van der Waals surface area contributed by atoms with E-state index >= 15 is 0 Å². The van der Waals surface area contributed by atoms with Crippen molar-refractivity contribution in [3.63, 3.8) is 0 Å². The molecule has 1 amide bonds. The SMILES string of the molecule is COC(=O)C1CN(C(=O)c2cc(-c3ccc(F)cc3)n[nH]2)C(C)(C)CO1. The standard InChI is InChI=1S/C18H20FN3O4/c1-18(2)10-26-15(17(24)25-3)9-22(18)16(23)14-8-13(20-21-14)11-4-6-12(19)7-5-11/h4-8,15H,9-10H2,1-3H3,(H,20,21). The highest BCUT2D eigenvalue weighted by Crippen LogP contribution is 2.26. The second-order valence-corrected chi connectivity index (χ2v) is 6.72. The van der Waals surface area contributed by atoms with Gasteiger partial charge in [0.25, 0.3) is 5.91 Å². The minimum atomic E-state index is -0.823. The van der Waals surface area contributed by atoms with Gasteiger partial charge in [-0.2, -0.15) is 5.10 Å². The van der Waals surface area contributed by atoms with Gasteiger partial charge in [0.1, 0.15) is 11.5 Å². The third-order valence-electron chi connectivity index (χ3n) is 4.37. The Kier molecular flexibility index (Phi) is 4.78. The van der Waals surface area contributed by atoms with Gasteiger partial charge in [0.2, 0.25) is 0 Å². The lowest BCUT2D eigenvalue weighted by Crippen LogP contribution is -2.60. The molecule has 0 spiro atoms. The number of aromatic amines is 1. The summed E-state index contributed by atoms with van der Waals surface area (Å²) in [5.41, 5.74) is 0.908. The Morgan fingerprint density at radius 1 is 1.35 bits per heavy atom. The van der Waals surface area contributed by atoms with E-state index in [1.54, 1.807) is 23.1 Å². The number of methoxy groups -OCH3 is 1. The molecule has 1 aromatic carbocycles. The van der Waals surface area contributed by atoms with Crippen LogP contribution in [0.1, 0.15) is 24.3 Å². The van der Waals surface area contributed by atoms with Crippen molar-refractivity contribution in [2.75, 3.05) is 20.3 Å². The van der Waals surface area contributed by atoms with Crippen LogP contribution in [0.5, 0.6) is 0 Å². The fraction of sp³-hybridized carbons (Fsp3) is 0.389. The van der Waals surface area contributed by atoms with Crippen molar-refractivity contribution in [2.24, 2.45) is 0 Å². The van der Waals surface area contributed by atoms with Crippen LogP contribution < -0.4 is 0 Å². The molecule has 0 radical (unpaired) electrons. The van der Waals surface area contributed by atoms with Gasteiger partial charge in [-0.15, -0.1) is 0 Å². The summed E-state index contributed by atoms with van der Waals surface area (Å²) < 4.78 is 23.3. The molecule has 0 aliphatic carbocycles. The molecule has 0 saturated carbocycles. The van der Waals surface area contributed by atoms with Crippen molar-refractivity contribution in [3.05, 3.63) is 41.8 Å². The van der Waals surface area contributed by atoms with Crippen molar-refractivity contribution in [1.82, 2.24) is 15.1 Å². The Morgan fingerprint density at radius 2 is 2.04 bits per heavy atom. The quantitative estimate of drug-likeness (QED) is 0.846. The second kappa shape index (κ2) is 6.87. The fourth-order valence-corrected chi connectivity index (χ4v) is 2.83. The van der Waals surface area contributed by atoms with E-state index in [0.29, 0.717) is 11.3 Å². The number of H-pyrrole nitrogens is 1. The molecule has 8 heteroatoms. The van der Waals surface area contributed by atoms with E-state index in [1.165, 1.54) is 19.2 Å². The zero-order valence-electron chi connectivity index (χ0n) is 14.8. The normalized spacial score (nSPS) is 19.2. The molecular formula is C18H20FN3O4. The van der Waals surface area contributed by atoms with Crippen LogP contribution in [-0.2, 0) is 14.3 Å². The van der Waals surface area contributed by atoms with E-state index in [1.807, 2.05) is 13.8 Å². The third-order valence-corrected chi connectivity index (χ3v) is 4.37. The van der Waals surface area contributed by atoms with Crippen LogP contribution in [0.15, 0.2) is 30.3 Å². The van der Waals surface area contributed by atoms with Crippen molar-refractivity contribution >= 4 is 11.9 Å². The summed E-state index contributed by atoms with van der Waals surface area (Å²) in [5.74, 6) is -1.16. The van der Waals surface area contributed by atoms with E-state index in [-0.39, 0.29) is 30.6 Å². The molecule has 1 unspecified atom stereocenters. The summed E-state index contributed by atoms with van der Waals surface area (Å²) >= 11 is 0. The van der Waals surface area contributed by atoms with E-state index in [4.69, 9.17) is 9.47 Å². The topological polar surface area (TPSA) is 84.5 Å². The zero-order chi connectivity index (χ0) is 18.9. The van der Waals surface area contributed by atoms with Gasteiger partial charge >= 0.3 is 5.97 Å². The number of halogens is 1. The Balaban J connectivity index is 1.83. The number of nitrogens with zero attached hydrogens (tertiary/aromatic N) is 2. The molecular weight excluding hydrogens is 341 g/mol. The average molecular weight is 361 g/mol. The smallest absolute Gasteiger partial charge is 0.336 e. The van der Waals surface area contributed by atoms with Crippen LogP contribution in [0.3, 0.4) is 0 Å². The predicted octanol–water partition coefficient (Wildman–Crippen LogP) is 2.01. The number of amides is 1. The summed E-state index contributed by atoms with van der Waals surface area (Å²) in [4.78, 5) is 26.3. The highest BCUT2D eigenvalue weighted by Gasteiger charge is 2.41. The molecule has 2 heterocycles. The number of ether oxygens (including phenoxy) is 2. The molecule has 26 heavy (non-hydrogen) atoms. The maximum atomic E-state index is 13.1. The Bertz CT molecular complexity index is 816. The monoisotopic (exact) mass is 361 g/mol. The first-order chi connectivity index (χ1) is 12.3. The Morgan fingerprint density at radius 3 is 2.69 bits per heavy atom. The highest BCUT2D eigenvalue weighted by atomic mass is 19.1. The maximum Gasteiger partial charge on any atom is 0.336 e. The molecule has 138 valence electrons. The third kappa shape index (κ3) is 3.45.